The first-order valence-corrected chi connectivity index (χ1v) is 9.67. The highest BCUT2D eigenvalue weighted by Gasteiger charge is 2.23. The molecule has 0 saturated carbocycles. The molecule has 0 aliphatic carbocycles. The predicted molar refractivity (Wildman–Crippen MR) is 117 cm³/mol. The fourth-order valence-electron chi connectivity index (χ4n) is 2.90. The van der Waals surface area contributed by atoms with Gasteiger partial charge >= 0.3 is 0 Å². The highest BCUT2D eigenvalue weighted by molar-refractivity contribution is 7.22. The molecule has 0 aliphatic heterocycles. The molecule has 0 unspecified atom stereocenters. The third-order valence-electron chi connectivity index (χ3n) is 4.37. The van der Waals surface area contributed by atoms with Gasteiger partial charge in [0.2, 0.25) is 0 Å². The number of thiazole rings is 1. The summed E-state index contributed by atoms with van der Waals surface area (Å²) in [6, 6.07) is 7.09. The highest BCUT2D eigenvalue weighted by Crippen LogP contribution is 2.32. The molecule has 0 aliphatic rings. The average molecular weight is 450 g/mol. The van der Waals surface area contributed by atoms with E-state index in [0.717, 1.165) is 17.4 Å². The third kappa shape index (κ3) is 4.38. The summed E-state index contributed by atoms with van der Waals surface area (Å²) < 4.78 is 28.0. The summed E-state index contributed by atoms with van der Waals surface area (Å²) in [7, 11) is 3.78. The molecule has 0 spiro atoms. The van der Waals surface area contributed by atoms with Crippen molar-refractivity contribution in [3.8, 4) is 0 Å². The molecular formula is C20H18ClF2N5OS. The predicted octanol–water partition coefficient (Wildman–Crippen LogP) is 4.15. The van der Waals surface area contributed by atoms with Crippen molar-refractivity contribution in [2.24, 2.45) is 0 Å². The molecule has 30 heavy (non-hydrogen) atoms. The standard InChI is InChI=1S/C20H17F2N5OS.ClH/c1-26(2)7-8-27(20-25-18-14(22)10-13(21)11-17(18)29-20)19(28)12-3-4-15-16(9-12)24-6-5-23-15;/h3-6,9-11H,7-8H2,1-2H3;1H. The number of hydrogen-bond acceptors (Lipinski definition) is 6. The number of hydrogen-bond donors (Lipinski definition) is 0. The average Bonchev–Trinajstić information content (AvgIpc) is 3.11. The fourth-order valence-corrected chi connectivity index (χ4v) is 3.93. The van der Waals surface area contributed by atoms with Crippen LogP contribution in [0, 0.1) is 11.6 Å². The molecule has 156 valence electrons. The van der Waals surface area contributed by atoms with Crippen LogP contribution in [0.15, 0.2) is 42.7 Å². The highest BCUT2D eigenvalue weighted by atomic mass is 35.5. The largest absolute Gasteiger partial charge is 0.308 e. The monoisotopic (exact) mass is 449 g/mol. The van der Waals surface area contributed by atoms with Crippen molar-refractivity contribution in [2.75, 3.05) is 32.1 Å². The molecule has 4 aromatic rings. The Labute approximate surface area is 181 Å². The zero-order valence-corrected chi connectivity index (χ0v) is 17.8. The number of benzene rings is 2. The van der Waals surface area contributed by atoms with E-state index in [9.17, 15) is 13.6 Å². The van der Waals surface area contributed by atoms with Crippen LogP contribution >= 0.6 is 23.7 Å². The summed E-state index contributed by atoms with van der Waals surface area (Å²) in [5.74, 6) is -1.72. The molecule has 0 saturated heterocycles. The number of amides is 1. The molecule has 2 heterocycles. The minimum Gasteiger partial charge on any atom is -0.308 e. The summed E-state index contributed by atoms with van der Waals surface area (Å²) in [4.78, 5) is 29.4. The number of carbonyl (C=O) groups is 1. The van der Waals surface area contributed by atoms with Crippen LogP contribution in [0.4, 0.5) is 13.9 Å². The lowest BCUT2D eigenvalue weighted by Crippen LogP contribution is -2.36. The Bertz CT molecular complexity index is 1220. The number of anilines is 1. The van der Waals surface area contributed by atoms with Gasteiger partial charge in [-0.3, -0.25) is 19.7 Å². The fraction of sp³-hybridized carbons (Fsp3) is 0.200. The van der Waals surface area contributed by atoms with Crippen molar-refractivity contribution in [3.63, 3.8) is 0 Å². The van der Waals surface area contributed by atoms with Crippen molar-refractivity contribution >= 4 is 56.0 Å². The zero-order chi connectivity index (χ0) is 20.5. The lowest BCUT2D eigenvalue weighted by molar-refractivity contribution is 0.0985. The van der Waals surface area contributed by atoms with Gasteiger partial charge in [0, 0.05) is 37.1 Å². The van der Waals surface area contributed by atoms with E-state index in [1.807, 2.05) is 19.0 Å². The van der Waals surface area contributed by atoms with Gasteiger partial charge in [-0.05, 0) is 38.4 Å². The molecule has 0 atom stereocenters. The van der Waals surface area contributed by atoms with Crippen LogP contribution in [0.1, 0.15) is 10.4 Å². The van der Waals surface area contributed by atoms with E-state index in [1.165, 1.54) is 11.0 Å². The van der Waals surface area contributed by atoms with Gasteiger partial charge in [-0.15, -0.1) is 12.4 Å². The van der Waals surface area contributed by atoms with Crippen molar-refractivity contribution in [1.29, 1.82) is 0 Å². The van der Waals surface area contributed by atoms with Crippen LogP contribution in [0.5, 0.6) is 0 Å². The number of rotatable bonds is 5. The summed E-state index contributed by atoms with van der Waals surface area (Å²) in [5.41, 5.74) is 1.76. The van der Waals surface area contributed by atoms with Crippen LogP contribution in [0.3, 0.4) is 0 Å². The van der Waals surface area contributed by atoms with Gasteiger partial charge in [0.15, 0.2) is 10.9 Å². The normalized spacial score (nSPS) is 11.1. The van der Waals surface area contributed by atoms with Gasteiger partial charge in [-0.25, -0.2) is 13.8 Å². The molecular weight excluding hydrogens is 432 g/mol. The molecule has 10 heteroatoms. The Morgan fingerprint density at radius 2 is 1.77 bits per heavy atom. The number of nitrogens with zero attached hydrogens (tertiary/aromatic N) is 5. The quantitative estimate of drug-likeness (QED) is 0.458. The first-order valence-electron chi connectivity index (χ1n) is 8.85. The van der Waals surface area contributed by atoms with Crippen molar-refractivity contribution in [3.05, 3.63) is 59.9 Å². The second-order valence-electron chi connectivity index (χ2n) is 6.75. The van der Waals surface area contributed by atoms with E-state index in [0.29, 0.717) is 39.5 Å². The number of likely N-dealkylation sites (N-methyl/N-ethyl adjacent to an activating group) is 1. The van der Waals surface area contributed by atoms with Gasteiger partial charge in [0.05, 0.1) is 15.7 Å². The number of fused-ring (bicyclic) bond motifs is 2. The second-order valence-corrected chi connectivity index (χ2v) is 7.76. The van der Waals surface area contributed by atoms with Gasteiger partial charge in [-0.2, -0.15) is 0 Å². The topological polar surface area (TPSA) is 62.2 Å². The Morgan fingerprint density at radius 3 is 2.50 bits per heavy atom. The number of carbonyl (C=O) groups excluding carboxylic acids is 1. The van der Waals surface area contributed by atoms with Crippen LogP contribution in [-0.2, 0) is 0 Å². The van der Waals surface area contributed by atoms with E-state index in [4.69, 9.17) is 0 Å². The lowest BCUT2D eigenvalue weighted by Gasteiger charge is -2.22. The second kappa shape index (κ2) is 8.95. The van der Waals surface area contributed by atoms with E-state index in [2.05, 4.69) is 15.0 Å². The molecule has 0 bridgehead atoms. The third-order valence-corrected chi connectivity index (χ3v) is 5.39. The summed E-state index contributed by atoms with van der Waals surface area (Å²) in [6.07, 6.45) is 3.15. The molecule has 4 rings (SSSR count). The van der Waals surface area contributed by atoms with Crippen LogP contribution < -0.4 is 4.90 Å². The van der Waals surface area contributed by atoms with Crippen LogP contribution in [0.25, 0.3) is 21.3 Å². The van der Waals surface area contributed by atoms with E-state index >= 15 is 0 Å². The maximum atomic E-state index is 14.1. The van der Waals surface area contributed by atoms with Crippen molar-refractivity contribution < 1.29 is 13.6 Å². The molecule has 0 radical (unpaired) electrons. The minimum absolute atomic E-state index is 0. The Hall–Kier alpha value is -2.75. The molecule has 0 fully saturated rings. The van der Waals surface area contributed by atoms with E-state index in [-0.39, 0.29) is 23.8 Å². The van der Waals surface area contributed by atoms with Gasteiger partial charge < -0.3 is 4.90 Å². The molecule has 2 aromatic heterocycles. The first kappa shape index (κ1) is 21.9. The Morgan fingerprint density at radius 1 is 1.03 bits per heavy atom. The van der Waals surface area contributed by atoms with Crippen LogP contribution in [0.2, 0.25) is 0 Å². The molecule has 1 amide bonds. The Balaban J connectivity index is 0.00000256. The van der Waals surface area contributed by atoms with Crippen molar-refractivity contribution in [1.82, 2.24) is 19.9 Å². The zero-order valence-electron chi connectivity index (χ0n) is 16.2. The van der Waals surface area contributed by atoms with Gasteiger partial charge in [0.1, 0.15) is 11.3 Å². The summed E-state index contributed by atoms with van der Waals surface area (Å²) >= 11 is 1.08. The number of aromatic nitrogens is 3. The minimum atomic E-state index is -0.747. The Kier molecular flexibility index (Phi) is 6.55. The molecule has 0 N–H and O–H groups in total. The molecule has 6 nitrogen and oxygen atoms in total. The SMILES string of the molecule is CN(C)CCN(C(=O)c1ccc2nccnc2c1)c1nc2c(F)cc(F)cc2s1.Cl. The van der Waals surface area contributed by atoms with Gasteiger partial charge in [-0.1, -0.05) is 11.3 Å². The van der Waals surface area contributed by atoms with E-state index < -0.39 is 11.6 Å². The van der Waals surface area contributed by atoms with E-state index in [1.54, 1.807) is 30.6 Å². The van der Waals surface area contributed by atoms with Gasteiger partial charge in [0.25, 0.3) is 5.91 Å². The number of halogens is 3. The summed E-state index contributed by atoms with van der Waals surface area (Å²) in [6.45, 7) is 0.917. The van der Waals surface area contributed by atoms with Crippen molar-refractivity contribution in [2.45, 2.75) is 0 Å². The molecule has 2 aromatic carbocycles. The maximum Gasteiger partial charge on any atom is 0.260 e. The smallest absolute Gasteiger partial charge is 0.260 e. The first-order chi connectivity index (χ1) is 13.9. The summed E-state index contributed by atoms with van der Waals surface area (Å²) in [5, 5.41) is 0.315. The maximum absolute atomic E-state index is 14.1. The lowest BCUT2D eigenvalue weighted by atomic mass is 10.1. The van der Waals surface area contributed by atoms with Crippen LogP contribution in [-0.4, -0.2) is 52.9 Å².